The summed E-state index contributed by atoms with van der Waals surface area (Å²) < 4.78 is 0. The van der Waals surface area contributed by atoms with Crippen LogP contribution in [-0.4, -0.2) is 36.8 Å². The van der Waals surface area contributed by atoms with E-state index in [2.05, 4.69) is 24.5 Å². The lowest BCUT2D eigenvalue weighted by Crippen LogP contribution is -2.36. The van der Waals surface area contributed by atoms with Gasteiger partial charge in [0.05, 0.1) is 24.7 Å². The molecule has 27 heavy (non-hydrogen) atoms. The lowest BCUT2D eigenvalue weighted by atomic mass is 9.75. The van der Waals surface area contributed by atoms with Crippen LogP contribution in [0.3, 0.4) is 0 Å². The van der Waals surface area contributed by atoms with Crippen molar-refractivity contribution < 1.29 is 34.1 Å². The number of hydrogen-bond acceptors (Lipinski definition) is 9. The number of aliphatic imine (C=N–C) groups is 1. The Morgan fingerprint density at radius 2 is 1.74 bits per heavy atom. The average molecular weight is 378 g/mol. The number of nitrogens with zero attached hydrogens (tertiary/aromatic N) is 2. The Balaban J connectivity index is 2.74. The molecule has 2 atom stereocenters. The lowest BCUT2D eigenvalue weighted by molar-refractivity contribution is -0.385. The molecule has 0 aliphatic carbocycles. The summed E-state index contributed by atoms with van der Waals surface area (Å²) in [5.74, 6) is -3.97. The van der Waals surface area contributed by atoms with Crippen molar-refractivity contribution in [1.29, 1.82) is 0 Å². The van der Waals surface area contributed by atoms with E-state index in [9.17, 15) is 19.7 Å². The van der Waals surface area contributed by atoms with Crippen LogP contribution in [0, 0.1) is 16.0 Å². The first kappa shape index (κ1) is 20.2. The van der Waals surface area contributed by atoms with Gasteiger partial charge in [0.25, 0.3) is 5.69 Å². The Kier molecular flexibility index (Phi) is 6.37. The van der Waals surface area contributed by atoms with Crippen LogP contribution >= 0.6 is 0 Å². The predicted molar refractivity (Wildman–Crippen MR) is 91.3 cm³/mol. The number of carbonyl (C=O) groups excluding carboxylic acids is 2. The summed E-state index contributed by atoms with van der Waals surface area (Å²) in [4.78, 5) is 58.2. The van der Waals surface area contributed by atoms with Gasteiger partial charge in [-0.1, -0.05) is 18.2 Å². The van der Waals surface area contributed by atoms with Gasteiger partial charge in [0.15, 0.2) is 0 Å². The highest BCUT2D eigenvalue weighted by molar-refractivity contribution is 6.07. The van der Waals surface area contributed by atoms with E-state index in [1.165, 1.54) is 25.1 Å². The van der Waals surface area contributed by atoms with Crippen molar-refractivity contribution in [2.75, 3.05) is 14.2 Å². The molecular formula is C17H18N2O8. The maximum Gasteiger partial charge on any atom is 0.371 e. The summed E-state index contributed by atoms with van der Waals surface area (Å²) in [6, 6.07) is 5.79. The maximum atomic E-state index is 12.5. The lowest BCUT2D eigenvalue weighted by Gasteiger charge is -2.30. The fourth-order valence-electron chi connectivity index (χ4n) is 3.11. The Morgan fingerprint density at radius 3 is 2.33 bits per heavy atom. The van der Waals surface area contributed by atoms with Crippen LogP contribution in [0.5, 0.6) is 0 Å². The summed E-state index contributed by atoms with van der Waals surface area (Å²) in [5.41, 5.74) is 0.390. The van der Waals surface area contributed by atoms with Crippen LogP contribution in [-0.2, 0) is 29.1 Å². The molecule has 10 heteroatoms. The first-order valence-electron chi connectivity index (χ1n) is 7.82. The molecule has 0 saturated heterocycles. The average Bonchev–Trinajstić information content (AvgIpc) is 2.61. The third kappa shape index (κ3) is 4.01. The molecule has 1 aliphatic rings. The number of nitro groups is 1. The number of benzene rings is 1. The minimum Gasteiger partial charge on any atom is -0.298 e. The van der Waals surface area contributed by atoms with Gasteiger partial charge in [-0.2, -0.15) is 9.78 Å². The molecule has 1 aromatic rings. The zero-order valence-electron chi connectivity index (χ0n) is 15.1. The van der Waals surface area contributed by atoms with Gasteiger partial charge in [-0.25, -0.2) is 9.59 Å². The monoisotopic (exact) mass is 378 g/mol. The van der Waals surface area contributed by atoms with Crippen molar-refractivity contribution in [3.8, 4) is 0 Å². The molecule has 1 aromatic carbocycles. The molecule has 144 valence electrons. The van der Waals surface area contributed by atoms with Crippen LogP contribution in [0.25, 0.3) is 0 Å². The fourth-order valence-corrected chi connectivity index (χ4v) is 3.11. The van der Waals surface area contributed by atoms with Gasteiger partial charge < -0.3 is 0 Å². The van der Waals surface area contributed by atoms with Crippen molar-refractivity contribution in [3.63, 3.8) is 0 Å². The SMILES string of the molecule is COOC(=O)C1=C(C)N=C(C)C(C(=O)OOC)C1c1ccccc1[N+](=O)[O-]. The second-order valence-electron chi connectivity index (χ2n) is 5.63. The molecule has 2 rings (SSSR count). The summed E-state index contributed by atoms with van der Waals surface area (Å²) >= 11 is 0. The highest BCUT2D eigenvalue weighted by atomic mass is 17.2. The largest absolute Gasteiger partial charge is 0.371 e. The Morgan fingerprint density at radius 1 is 1.11 bits per heavy atom. The number of allylic oxidation sites excluding steroid dienone is 1. The van der Waals surface area contributed by atoms with E-state index >= 15 is 0 Å². The molecule has 0 fully saturated rings. The summed E-state index contributed by atoms with van der Waals surface area (Å²) in [5, 5.41) is 11.5. The molecule has 0 saturated carbocycles. The van der Waals surface area contributed by atoms with Gasteiger partial charge in [-0.05, 0) is 13.8 Å². The minimum absolute atomic E-state index is 0.0465. The first-order valence-corrected chi connectivity index (χ1v) is 7.82. The number of nitro benzene ring substituents is 1. The molecule has 0 amide bonds. The molecule has 2 unspecified atom stereocenters. The van der Waals surface area contributed by atoms with Crippen molar-refractivity contribution in [2.24, 2.45) is 10.9 Å². The number of hydrogen-bond donors (Lipinski definition) is 0. The summed E-state index contributed by atoms with van der Waals surface area (Å²) in [7, 11) is 2.29. The van der Waals surface area contributed by atoms with Crippen LogP contribution in [0.4, 0.5) is 5.69 Å². The van der Waals surface area contributed by atoms with Crippen LogP contribution in [0.1, 0.15) is 25.3 Å². The molecule has 0 aromatic heterocycles. The van der Waals surface area contributed by atoms with Gasteiger partial charge in [-0.15, -0.1) is 0 Å². The number of carbonyl (C=O) groups is 2. The van der Waals surface area contributed by atoms with Crippen LogP contribution < -0.4 is 0 Å². The van der Waals surface area contributed by atoms with Gasteiger partial charge in [0, 0.05) is 29.0 Å². The topological polar surface area (TPSA) is 127 Å². The van der Waals surface area contributed by atoms with E-state index in [1.807, 2.05) is 0 Å². The Hall–Kier alpha value is -3.11. The molecule has 0 N–H and O–H groups in total. The predicted octanol–water partition coefficient (Wildman–Crippen LogP) is 2.25. The zero-order valence-corrected chi connectivity index (χ0v) is 15.1. The Bertz CT molecular complexity index is 830. The third-order valence-corrected chi connectivity index (χ3v) is 4.10. The standard InChI is InChI=1S/C17H18N2O8/c1-9-13(16(20)26-24-3)15(11-7-5-6-8-12(11)19(22)23)14(10(2)18-9)17(21)27-25-4/h5-8,13,15H,1-4H3. The minimum atomic E-state index is -1.13. The van der Waals surface area contributed by atoms with E-state index in [-0.39, 0.29) is 22.5 Å². The van der Waals surface area contributed by atoms with E-state index < -0.39 is 28.7 Å². The molecular weight excluding hydrogens is 360 g/mol. The van der Waals surface area contributed by atoms with Crippen molar-refractivity contribution in [3.05, 3.63) is 51.2 Å². The first-order chi connectivity index (χ1) is 12.8. The number of para-hydroxylation sites is 1. The Labute approximate surface area is 154 Å². The van der Waals surface area contributed by atoms with Crippen molar-refractivity contribution in [1.82, 2.24) is 0 Å². The van der Waals surface area contributed by atoms with Crippen LogP contribution in [0.15, 0.2) is 40.5 Å². The van der Waals surface area contributed by atoms with Gasteiger partial charge in [0.1, 0.15) is 5.92 Å². The molecule has 0 spiro atoms. The maximum absolute atomic E-state index is 12.5. The molecule has 1 heterocycles. The smallest absolute Gasteiger partial charge is 0.298 e. The molecule has 1 aliphatic heterocycles. The second kappa shape index (κ2) is 8.52. The third-order valence-electron chi connectivity index (χ3n) is 4.10. The normalized spacial score (nSPS) is 19.3. The number of rotatable bonds is 6. The van der Waals surface area contributed by atoms with E-state index in [1.54, 1.807) is 13.0 Å². The highest BCUT2D eigenvalue weighted by Crippen LogP contribution is 2.43. The van der Waals surface area contributed by atoms with Gasteiger partial charge in [0.2, 0.25) is 0 Å². The van der Waals surface area contributed by atoms with Gasteiger partial charge in [-0.3, -0.25) is 24.9 Å². The zero-order chi connectivity index (χ0) is 20.1. The van der Waals surface area contributed by atoms with E-state index in [0.717, 1.165) is 14.2 Å². The molecule has 0 radical (unpaired) electrons. The van der Waals surface area contributed by atoms with Crippen molar-refractivity contribution >= 4 is 23.3 Å². The van der Waals surface area contributed by atoms with Gasteiger partial charge >= 0.3 is 11.9 Å². The van der Waals surface area contributed by atoms with E-state index in [0.29, 0.717) is 5.71 Å². The van der Waals surface area contributed by atoms with Crippen LogP contribution in [0.2, 0.25) is 0 Å². The summed E-state index contributed by atoms with van der Waals surface area (Å²) in [6.45, 7) is 3.10. The van der Waals surface area contributed by atoms with E-state index in [4.69, 9.17) is 0 Å². The quantitative estimate of drug-likeness (QED) is 0.419. The second-order valence-corrected chi connectivity index (χ2v) is 5.63. The molecule has 10 nitrogen and oxygen atoms in total. The highest BCUT2D eigenvalue weighted by Gasteiger charge is 2.45. The van der Waals surface area contributed by atoms with Crippen molar-refractivity contribution in [2.45, 2.75) is 19.8 Å². The summed E-state index contributed by atoms with van der Waals surface area (Å²) in [6.07, 6.45) is 0. The fraction of sp³-hybridized carbons (Fsp3) is 0.353. The molecule has 0 bridgehead atoms.